The van der Waals surface area contributed by atoms with Gasteiger partial charge < -0.3 is 10.0 Å². The number of aromatic amines is 1. The second-order valence-corrected chi connectivity index (χ2v) is 7.20. The van der Waals surface area contributed by atoms with Crippen LogP contribution >= 0.6 is 0 Å². The van der Waals surface area contributed by atoms with Crippen LogP contribution in [0.4, 0.5) is 0 Å². The third kappa shape index (κ3) is 5.00. The number of phenols is 1. The molecule has 2 N–H and O–H groups in total. The molecule has 1 aromatic heterocycles. The number of phenolic OH excluding ortho intramolecular Hbond substituents is 1. The summed E-state index contributed by atoms with van der Waals surface area (Å²) in [5.74, 6) is -0.0989. The number of H-pyrrole nitrogens is 1. The number of amides is 1. The van der Waals surface area contributed by atoms with E-state index in [4.69, 9.17) is 0 Å². The van der Waals surface area contributed by atoms with Gasteiger partial charge in [0.05, 0.1) is 11.3 Å². The molecular formula is C23H27N3O2. The Labute approximate surface area is 166 Å². The fraction of sp³-hybridized carbons (Fsp3) is 0.304. The van der Waals surface area contributed by atoms with Crippen molar-refractivity contribution < 1.29 is 9.90 Å². The molecular weight excluding hydrogens is 350 g/mol. The summed E-state index contributed by atoms with van der Waals surface area (Å²) in [4.78, 5) is 14.2. The number of nitrogens with zero attached hydrogens (tertiary/aromatic N) is 2. The van der Waals surface area contributed by atoms with Gasteiger partial charge >= 0.3 is 0 Å². The highest BCUT2D eigenvalue weighted by Crippen LogP contribution is 2.20. The number of nitrogens with one attached hydrogen (secondary N) is 1. The second kappa shape index (κ2) is 9.22. The minimum Gasteiger partial charge on any atom is -0.507 e. The number of aromatic hydroxyl groups is 1. The summed E-state index contributed by atoms with van der Waals surface area (Å²) < 4.78 is 0. The van der Waals surface area contributed by atoms with Crippen molar-refractivity contribution in [1.29, 1.82) is 0 Å². The Morgan fingerprint density at radius 1 is 1.07 bits per heavy atom. The predicted octanol–water partition coefficient (Wildman–Crippen LogP) is 4.58. The van der Waals surface area contributed by atoms with E-state index in [9.17, 15) is 9.90 Å². The fourth-order valence-corrected chi connectivity index (χ4v) is 3.22. The number of unbranched alkanes of at least 4 members (excludes halogenated alkanes) is 2. The largest absolute Gasteiger partial charge is 0.507 e. The van der Waals surface area contributed by atoms with E-state index in [2.05, 4.69) is 28.4 Å². The van der Waals surface area contributed by atoms with Crippen molar-refractivity contribution in [3.05, 3.63) is 71.4 Å². The topological polar surface area (TPSA) is 69.2 Å². The molecule has 2 aromatic carbocycles. The summed E-state index contributed by atoms with van der Waals surface area (Å²) in [5, 5.41) is 17.4. The molecule has 0 aliphatic rings. The molecule has 3 aromatic rings. The lowest BCUT2D eigenvalue weighted by Crippen LogP contribution is -2.27. The average Bonchev–Trinajstić information content (AvgIpc) is 3.18. The number of aromatic nitrogens is 2. The molecule has 5 nitrogen and oxygen atoms in total. The number of carbonyl (C=O) groups excluding carboxylic acids is 1. The molecule has 5 heteroatoms. The Morgan fingerprint density at radius 2 is 1.86 bits per heavy atom. The van der Waals surface area contributed by atoms with Crippen molar-refractivity contribution in [2.75, 3.05) is 13.6 Å². The zero-order chi connectivity index (χ0) is 19.9. The van der Waals surface area contributed by atoms with Gasteiger partial charge in [0.25, 0.3) is 5.91 Å². The first-order valence-corrected chi connectivity index (χ1v) is 9.69. The number of carbonyl (C=O) groups is 1. The third-order valence-corrected chi connectivity index (χ3v) is 4.87. The Hall–Kier alpha value is -3.08. The minimum absolute atomic E-state index is 0.0379. The van der Waals surface area contributed by atoms with Crippen LogP contribution in [0.1, 0.15) is 40.9 Å². The van der Waals surface area contributed by atoms with E-state index in [1.165, 1.54) is 0 Å². The molecule has 1 heterocycles. The van der Waals surface area contributed by atoms with Gasteiger partial charge in [0.1, 0.15) is 5.75 Å². The lowest BCUT2D eigenvalue weighted by Gasteiger charge is -2.18. The van der Waals surface area contributed by atoms with Gasteiger partial charge in [-0.25, -0.2) is 0 Å². The van der Waals surface area contributed by atoms with Gasteiger partial charge in [0, 0.05) is 24.8 Å². The Balaban J connectivity index is 1.42. The van der Waals surface area contributed by atoms with E-state index >= 15 is 0 Å². The van der Waals surface area contributed by atoms with Crippen LogP contribution in [-0.2, 0) is 6.42 Å². The molecule has 146 valence electrons. The molecule has 0 unspecified atom stereocenters. The molecule has 0 aliphatic carbocycles. The molecule has 1 amide bonds. The summed E-state index contributed by atoms with van der Waals surface area (Å²) in [6, 6.07) is 17.3. The first-order chi connectivity index (χ1) is 13.5. The van der Waals surface area contributed by atoms with Gasteiger partial charge in [0.2, 0.25) is 0 Å². The molecule has 0 atom stereocenters. The summed E-state index contributed by atoms with van der Waals surface area (Å²) in [7, 11) is 1.78. The number of aryl methyl sites for hydroxylation is 2. The lowest BCUT2D eigenvalue weighted by atomic mass is 10.1. The Bertz CT molecular complexity index is 919. The second-order valence-electron chi connectivity index (χ2n) is 7.20. The van der Waals surface area contributed by atoms with E-state index in [-0.39, 0.29) is 11.7 Å². The van der Waals surface area contributed by atoms with Gasteiger partial charge in [-0.1, -0.05) is 48.4 Å². The molecule has 28 heavy (non-hydrogen) atoms. The zero-order valence-corrected chi connectivity index (χ0v) is 16.5. The molecule has 0 saturated heterocycles. The van der Waals surface area contributed by atoms with E-state index in [1.807, 2.05) is 25.1 Å². The highest BCUT2D eigenvalue weighted by molar-refractivity contribution is 5.96. The van der Waals surface area contributed by atoms with Crippen molar-refractivity contribution >= 4 is 5.91 Å². The van der Waals surface area contributed by atoms with Crippen LogP contribution < -0.4 is 0 Å². The van der Waals surface area contributed by atoms with Crippen LogP contribution in [0.3, 0.4) is 0 Å². The van der Waals surface area contributed by atoms with Crippen LogP contribution in [-0.4, -0.2) is 39.7 Å². The highest BCUT2D eigenvalue weighted by atomic mass is 16.3. The summed E-state index contributed by atoms with van der Waals surface area (Å²) in [5.41, 5.74) is 4.55. The minimum atomic E-state index is -0.137. The van der Waals surface area contributed by atoms with Crippen molar-refractivity contribution in [3.8, 4) is 17.0 Å². The molecule has 0 bridgehead atoms. The van der Waals surface area contributed by atoms with Gasteiger partial charge in [0.15, 0.2) is 0 Å². The van der Waals surface area contributed by atoms with Crippen LogP contribution in [0.5, 0.6) is 5.75 Å². The first-order valence-electron chi connectivity index (χ1n) is 9.69. The zero-order valence-electron chi connectivity index (χ0n) is 16.5. The molecule has 0 spiro atoms. The van der Waals surface area contributed by atoms with Gasteiger partial charge in [-0.15, -0.1) is 0 Å². The molecule has 0 saturated carbocycles. The highest BCUT2D eigenvalue weighted by Gasteiger charge is 2.15. The van der Waals surface area contributed by atoms with Crippen molar-refractivity contribution in [2.45, 2.75) is 32.6 Å². The van der Waals surface area contributed by atoms with E-state index in [0.717, 1.165) is 48.2 Å². The van der Waals surface area contributed by atoms with E-state index in [1.54, 1.807) is 30.1 Å². The molecule has 0 fully saturated rings. The molecule has 0 radical (unpaired) electrons. The van der Waals surface area contributed by atoms with Crippen LogP contribution in [0, 0.1) is 6.92 Å². The van der Waals surface area contributed by atoms with Gasteiger partial charge in [-0.3, -0.25) is 9.89 Å². The predicted molar refractivity (Wildman–Crippen MR) is 111 cm³/mol. The number of hydrogen-bond acceptors (Lipinski definition) is 3. The number of hydrogen-bond donors (Lipinski definition) is 2. The quantitative estimate of drug-likeness (QED) is 0.565. The van der Waals surface area contributed by atoms with Crippen LogP contribution in [0.15, 0.2) is 54.6 Å². The first kappa shape index (κ1) is 19.7. The summed E-state index contributed by atoms with van der Waals surface area (Å²) >= 11 is 0. The van der Waals surface area contributed by atoms with Crippen molar-refractivity contribution in [1.82, 2.24) is 15.1 Å². The monoisotopic (exact) mass is 377 g/mol. The van der Waals surface area contributed by atoms with Crippen molar-refractivity contribution in [3.63, 3.8) is 0 Å². The summed E-state index contributed by atoms with van der Waals surface area (Å²) in [6.45, 7) is 2.58. The number of rotatable bonds is 8. The maximum Gasteiger partial charge on any atom is 0.257 e. The fourth-order valence-electron chi connectivity index (χ4n) is 3.22. The van der Waals surface area contributed by atoms with Crippen LogP contribution in [0.2, 0.25) is 0 Å². The maximum absolute atomic E-state index is 12.5. The summed E-state index contributed by atoms with van der Waals surface area (Å²) in [6.07, 6.45) is 3.93. The van der Waals surface area contributed by atoms with Crippen LogP contribution in [0.25, 0.3) is 11.3 Å². The molecule has 3 rings (SSSR count). The number of benzene rings is 2. The SMILES string of the molecule is Cc1ccc(O)c(C(=O)N(C)CCCCCc2cc(-c3ccccc3)n[nH]2)c1. The Morgan fingerprint density at radius 3 is 2.64 bits per heavy atom. The van der Waals surface area contributed by atoms with E-state index in [0.29, 0.717) is 12.1 Å². The Kier molecular flexibility index (Phi) is 6.48. The average molecular weight is 377 g/mol. The van der Waals surface area contributed by atoms with Gasteiger partial charge in [-0.2, -0.15) is 5.10 Å². The smallest absolute Gasteiger partial charge is 0.257 e. The van der Waals surface area contributed by atoms with Gasteiger partial charge in [-0.05, 0) is 44.4 Å². The van der Waals surface area contributed by atoms with E-state index < -0.39 is 0 Å². The van der Waals surface area contributed by atoms with Crippen molar-refractivity contribution in [2.24, 2.45) is 0 Å². The standard InChI is InChI=1S/C23H27N3O2/c1-17-12-13-22(27)20(15-17)23(28)26(2)14-8-4-7-11-19-16-21(25-24-19)18-9-5-3-6-10-18/h3,5-6,9-10,12-13,15-16,27H,4,7-8,11,14H2,1-2H3,(H,24,25). The third-order valence-electron chi connectivity index (χ3n) is 4.87. The molecule has 0 aliphatic heterocycles. The lowest BCUT2D eigenvalue weighted by molar-refractivity contribution is 0.0789. The normalized spacial score (nSPS) is 10.8. The maximum atomic E-state index is 12.5.